The van der Waals surface area contributed by atoms with Gasteiger partial charge in [0.2, 0.25) is 12.7 Å². The Balaban J connectivity index is 1.57. The predicted octanol–water partition coefficient (Wildman–Crippen LogP) is 5.22. The summed E-state index contributed by atoms with van der Waals surface area (Å²) in [4.78, 5) is 30.4. The Hall–Kier alpha value is -4.86. The predicted molar refractivity (Wildman–Crippen MR) is 138 cm³/mol. The molecule has 2 N–H and O–H groups in total. The molecule has 0 saturated heterocycles. The van der Waals surface area contributed by atoms with Gasteiger partial charge in [0.05, 0.1) is 33.2 Å². The molecule has 37 heavy (non-hydrogen) atoms. The molecule has 1 amide bonds. The normalized spacial score (nSPS) is 15.9. The van der Waals surface area contributed by atoms with Crippen LogP contribution in [-0.4, -0.2) is 27.2 Å². The summed E-state index contributed by atoms with van der Waals surface area (Å²) in [6.07, 6.45) is 0. The number of aromatic nitrogens is 2. The molecule has 3 aromatic carbocycles. The van der Waals surface area contributed by atoms with E-state index in [1.54, 1.807) is 13.0 Å². The fraction of sp³-hybridized carbons (Fsp3) is 0.185. The molecule has 1 aromatic heterocycles. The monoisotopic (exact) mass is 497 g/mol. The molecule has 2 aliphatic rings. The summed E-state index contributed by atoms with van der Waals surface area (Å²) in [6, 6.07) is 15.3. The number of imidazole rings is 1. The molecule has 0 unspecified atom stereocenters. The number of rotatable bonds is 4. The van der Waals surface area contributed by atoms with Crippen molar-refractivity contribution in [2.24, 2.45) is 0 Å². The highest BCUT2D eigenvalue weighted by atomic mass is 16.7. The van der Waals surface area contributed by atoms with E-state index >= 15 is 0 Å². The van der Waals surface area contributed by atoms with E-state index in [1.807, 2.05) is 60.9 Å². The van der Waals surface area contributed by atoms with E-state index < -0.39 is 11.0 Å². The summed E-state index contributed by atoms with van der Waals surface area (Å²) >= 11 is 0. The van der Waals surface area contributed by atoms with Gasteiger partial charge in [0.1, 0.15) is 6.04 Å². The Bertz CT molecular complexity index is 1650. The molecule has 6 rings (SSSR count). The topological polar surface area (TPSA) is 121 Å². The van der Waals surface area contributed by atoms with Crippen LogP contribution in [0.4, 0.5) is 17.3 Å². The zero-order valence-corrected chi connectivity index (χ0v) is 20.4. The van der Waals surface area contributed by atoms with Gasteiger partial charge in [-0.1, -0.05) is 29.8 Å². The molecule has 3 heterocycles. The van der Waals surface area contributed by atoms with Crippen LogP contribution in [0, 0.1) is 24.0 Å². The van der Waals surface area contributed by atoms with Crippen molar-refractivity contribution >= 4 is 34.3 Å². The molecule has 10 heteroatoms. The Morgan fingerprint density at radius 3 is 2.62 bits per heavy atom. The van der Waals surface area contributed by atoms with Crippen molar-refractivity contribution in [1.29, 1.82) is 0 Å². The summed E-state index contributed by atoms with van der Waals surface area (Å²) in [7, 11) is 0. The summed E-state index contributed by atoms with van der Waals surface area (Å²) in [5, 5.41) is 18.5. The third-order valence-electron chi connectivity index (χ3n) is 6.72. The van der Waals surface area contributed by atoms with Crippen LogP contribution >= 0.6 is 0 Å². The van der Waals surface area contributed by atoms with E-state index in [4.69, 9.17) is 9.47 Å². The Morgan fingerprint density at radius 1 is 1.11 bits per heavy atom. The molecule has 0 aliphatic carbocycles. The average Bonchev–Trinajstić information content (AvgIpc) is 3.47. The largest absolute Gasteiger partial charge is 0.454 e. The smallest absolute Gasteiger partial charge is 0.279 e. The third-order valence-corrected chi connectivity index (χ3v) is 6.72. The molecule has 1 atom stereocenters. The van der Waals surface area contributed by atoms with Gasteiger partial charge in [0.15, 0.2) is 11.5 Å². The van der Waals surface area contributed by atoms with E-state index in [0.29, 0.717) is 45.5 Å². The molecule has 186 valence electrons. The standard InChI is InChI=1S/C27H23N5O5/c1-14-8-9-18(15(2)10-14)29-26(33)24-16(3)28-27-30-19-6-4-5-7-20(19)31(27)25(24)17-11-22-23(37-13-36-22)12-21(17)32(34)35/h4-12,25H,13H2,1-3H3,(H,28,30)(H,29,33)/t25-/m1/s1. The molecule has 0 saturated carbocycles. The van der Waals surface area contributed by atoms with Gasteiger partial charge >= 0.3 is 0 Å². The van der Waals surface area contributed by atoms with E-state index in [9.17, 15) is 14.9 Å². The first-order valence-electron chi connectivity index (χ1n) is 11.7. The van der Waals surface area contributed by atoms with Crippen LogP contribution in [0.5, 0.6) is 11.5 Å². The number of anilines is 2. The fourth-order valence-electron chi connectivity index (χ4n) is 5.02. The molecule has 4 aromatic rings. The molecule has 0 radical (unpaired) electrons. The van der Waals surface area contributed by atoms with Gasteiger partial charge in [-0.2, -0.15) is 0 Å². The summed E-state index contributed by atoms with van der Waals surface area (Å²) in [6.45, 7) is 5.64. The number of fused-ring (bicyclic) bond motifs is 4. The second kappa shape index (κ2) is 8.37. The lowest BCUT2D eigenvalue weighted by atomic mass is 9.92. The van der Waals surface area contributed by atoms with Crippen molar-refractivity contribution in [1.82, 2.24) is 9.55 Å². The summed E-state index contributed by atoms with van der Waals surface area (Å²) < 4.78 is 12.8. The number of ether oxygens (including phenoxy) is 2. The van der Waals surface area contributed by atoms with E-state index in [2.05, 4.69) is 15.6 Å². The Morgan fingerprint density at radius 2 is 1.86 bits per heavy atom. The van der Waals surface area contributed by atoms with Gasteiger partial charge in [-0.3, -0.25) is 19.5 Å². The second-order valence-electron chi connectivity index (χ2n) is 9.15. The lowest BCUT2D eigenvalue weighted by Gasteiger charge is -2.30. The van der Waals surface area contributed by atoms with E-state index in [0.717, 1.165) is 16.6 Å². The first-order valence-corrected chi connectivity index (χ1v) is 11.7. The van der Waals surface area contributed by atoms with Crippen LogP contribution < -0.4 is 20.1 Å². The number of nitrogens with zero attached hydrogens (tertiary/aromatic N) is 3. The van der Waals surface area contributed by atoms with Gasteiger partial charge in [0.25, 0.3) is 11.6 Å². The number of hydrogen-bond donors (Lipinski definition) is 2. The maximum absolute atomic E-state index is 13.9. The minimum Gasteiger partial charge on any atom is -0.454 e. The highest BCUT2D eigenvalue weighted by molar-refractivity contribution is 6.07. The maximum Gasteiger partial charge on any atom is 0.279 e. The molecular formula is C27H23N5O5. The SMILES string of the molecule is CC1=C(C(=O)Nc2ccc(C)cc2C)[C@@H](c2cc3c(cc2[N+](=O)[O-])OCO3)n2c(nc3ccccc32)N1. The highest BCUT2D eigenvalue weighted by Crippen LogP contribution is 2.47. The Kier molecular flexibility index (Phi) is 5.11. The van der Waals surface area contributed by atoms with Crippen molar-refractivity contribution in [2.45, 2.75) is 26.8 Å². The summed E-state index contributed by atoms with van der Waals surface area (Å²) in [5.41, 5.74) is 5.07. The van der Waals surface area contributed by atoms with Gasteiger partial charge in [0, 0.05) is 11.4 Å². The third kappa shape index (κ3) is 3.65. The number of para-hydroxylation sites is 2. The first kappa shape index (κ1) is 22.6. The van der Waals surface area contributed by atoms with Crippen LogP contribution in [-0.2, 0) is 4.79 Å². The van der Waals surface area contributed by atoms with Crippen LogP contribution in [0.3, 0.4) is 0 Å². The highest BCUT2D eigenvalue weighted by Gasteiger charge is 2.39. The zero-order chi connectivity index (χ0) is 25.8. The van der Waals surface area contributed by atoms with Crippen LogP contribution in [0.15, 0.2) is 65.9 Å². The average molecular weight is 498 g/mol. The molecule has 0 bridgehead atoms. The Labute approximate surface area is 211 Å². The van der Waals surface area contributed by atoms with Crippen molar-refractivity contribution in [3.8, 4) is 11.5 Å². The quantitative estimate of drug-likeness (QED) is 0.293. The molecule has 2 aliphatic heterocycles. The van der Waals surface area contributed by atoms with Gasteiger partial charge < -0.3 is 20.1 Å². The second-order valence-corrected chi connectivity index (χ2v) is 9.15. The van der Waals surface area contributed by atoms with Gasteiger partial charge in [-0.15, -0.1) is 0 Å². The zero-order valence-electron chi connectivity index (χ0n) is 20.4. The van der Waals surface area contributed by atoms with Crippen molar-refractivity contribution in [3.63, 3.8) is 0 Å². The maximum atomic E-state index is 13.9. The number of amides is 1. The van der Waals surface area contributed by atoms with Crippen LogP contribution in [0.25, 0.3) is 11.0 Å². The van der Waals surface area contributed by atoms with Crippen LogP contribution in [0.2, 0.25) is 0 Å². The summed E-state index contributed by atoms with van der Waals surface area (Å²) in [5.74, 6) is 0.787. The number of allylic oxidation sites excluding steroid dienone is 1. The molecule has 0 fully saturated rings. The number of aryl methyl sites for hydroxylation is 2. The number of nitro groups is 1. The number of hydrogen-bond acceptors (Lipinski definition) is 7. The molecule has 0 spiro atoms. The van der Waals surface area contributed by atoms with E-state index in [1.165, 1.54) is 6.07 Å². The molecular weight excluding hydrogens is 474 g/mol. The van der Waals surface area contributed by atoms with Crippen molar-refractivity contribution in [3.05, 3.63) is 92.7 Å². The number of nitrogens with one attached hydrogen (secondary N) is 2. The number of benzene rings is 3. The number of carbonyl (C=O) groups excluding carboxylic acids is 1. The molecule has 10 nitrogen and oxygen atoms in total. The number of carbonyl (C=O) groups is 1. The minimum absolute atomic E-state index is 0.0314. The van der Waals surface area contributed by atoms with Gasteiger partial charge in [-0.05, 0) is 50.6 Å². The lowest BCUT2D eigenvalue weighted by Crippen LogP contribution is -2.31. The van der Waals surface area contributed by atoms with Crippen LogP contribution in [0.1, 0.15) is 29.7 Å². The fourth-order valence-corrected chi connectivity index (χ4v) is 5.02. The van der Waals surface area contributed by atoms with Crippen molar-refractivity contribution in [2.75, 3.05) is 17.4 Å². The lowest BCUT2D eigenvalue weighted by molar-refractivity contribution is -0.385. The minimum atomic E-state index is -0.857. The number of nitro benzene ring substituents is 1. The van der Waals surface area contributed by atoms with Gasteiger partial charge in [-0.25, -0.2) is 4.98 Å². The first-order chi connectivity index (χ1) is 17.8. The van der Waals surface area contributed by atoms with Crippen molar-refractivity contribution < 1.29 is 19.2 Å². The van der Waals surface area contributed by atoms with E-state index in [-0.39, 0.29) is 18.4 Å².